The van der Waals surface area contributed by atoms with Gasteiger partial charge >= 0.3 is 0 Å². The maximum Gasteiger partial charge on any atom is 0.266 e. The van der Waals surface area contributed by atoms with Gasteiger partial charge in [-0.2, -0.15) is 5.10 Å². The van der Waals surface area contributed by atoms with E-state index in [0.29, 0.717) is 11.8 Å². The van der Waals surface area contributed by atoms with E-state index in [2.05, 4.69) is 10.00 Å². The molecule has 2 heterocycles. The second kappa shape index (κ2) is 5.56. The molecule has 3 fully saturated rings. The maximum absolute atomic E-state index is 11.9. The van der Waals surface area contributed by atoms with Gasteiger partial charge in [-0.3, -0.25) is 4.79 Å². The number of hydrogen-bond acceptors (Lipinski definition) is 3. The average Bonchev–Trinajstić information content (AvgIpc) is 3.16. The van der Waals surface area contributed by atoms with Gasteiger partial charge < -0.3 is 4.90 Å². The summed E-state index contributed by atoms with van der Waals surface area (Å²) in [4.78, 5) is 14.5. The lowest BCUT2D eigenvalue weighted by Gasteiger charge is -2.40. The number of rotatable bonds is 5. The Morgan fingerprint density at radius 2 is 1.76 bits per heavy atom. The number of hydrogen-bond donors (Lipinski definition) is 0. The quantitative estimate of drug-likeness (QED) is 0.833. The van der Waals surface area contributed by atoms with Crippen LogP contribution in [0.15, 0.2) is 16.9 Å². The van der Waals surface area contributed by atoms with Crippen LogP contribution in [-0.4, -0.2) is 34.3 Å². The second-order valence-corrected chi connectivity index (χ2v) is 7.29. The first-order valence-corrected chi connectivity index (χ1v) is 8.58. The Morgan fingerprint density at radius 1 is 1.00 bits per heavy atom. The third kappa shape index (κ3) is 3.05. The molecule has 0 amide bonds. The fourth-order valence-electron chi connectivity index (χ4n) is 3.94. The van der Waals surface area contributed by atoms with E-state index in [4.69, 9.17) is 0 Å². The van der Waals surface area contributed by atoms with E-state index >= 15 is 0 Å². The van der Waals surface area contributed by atoms with Gasteiger partial charge in [0.05, 0.1) is 12.2 Å². The lowest BCUT2D eigenvalue weighted by atomic mass is 9.97. The van der Waals surface area contributed by atoms with Gasteiger partial charge in [-0.25, -0.2) is 4.68 Å². The molecule has 114 valence electrons. The van der Waals surface area contributed by atoms with Crippen LogP contribution in [-0.2, 0) is 6.54 Å². The fraction of sp³-hybridized carbons (Fsp3) is 0.765. The zero-order valence-corrected chi connectivity index (χ0v) is 12.7. The highest BCUT2D eigenvalue weighted by Crippen LogP contribution is 2.38. The molecule has 2 aliphatic carbocycles. The zero-order valence-electron chi connectivity index (χ0n) is 12.7. The highest BCUT2D eigenvalue weighted by molar-refractivity contribution is 5.12. The molecule has 1 aromatic heterocycles. The Labute approximate surface area is 126 Å². The van der Waals surface area contributed by atoms with Crippen LogP contribution in [0.5, 0.6) is 0 Å². The molecule has 1 aromatic rings. The Morgan fingerprint density at radius 3 is 2.48 bits per heavy atom. The van der Waals surface area contributed by atoms with E-state index in [1.807, 2.05) is 6.07 Å². The van der Waals surface area contributed by atoms with E-state index in [1.54, 1.807) is 10.7 Å². The van der Waals surface area contributed by atoms with E-state index in [-0.39, 0.29) is 5.56 Å². The molecule has 0 atom stereocenters. The SMILES string of the molecule is O=c1ccc(C2CC2)nn1CC1CN(CC2CCCC2)C1. The summed E-state index contributed by atoms with van der Waals surface area (Å²) >= 11 is 0. The molecule has 0 radical (unpaired) electrons. The first-order chi connectivity index (χ1) is 10.3. The normalized spacial score (nSPS) is 24.4. The van der Waals surface area contributed by atoms with Crippen molar-refractivity contribution in [3.05, 3.63) is 28.2 Å². The molecule has 2 saturated carbocycles. The van der Waals surface area contributed by atoms with Gasteiger partial charge in [0.1, 0.15) is 0 Å². The van der Waals surface area contributed by atoms with Crippen molar-refractivity contribution in [2.24, 2.45) is 11.8 Å². The number of nitrogens with zero attached hydrogens (tertiary/aromatic N) is 3. The maximum atomic E-state index is 11.9. The van der Waals surface area contributed by atoms with Crippen molar-refractivity contribution >= 4 is 0 Å². The molecular formula is C17H25N3O. The Hall–Kier alpha value is -1.16. The molecule has 4 rings (SSSR count). The van der Waals surface area contributed by atoms with Crippen LogP contribution in [0.25, 0.3) is 0 Å². The molecule has 0 spiro atoms. The summed E-state index contributed by atoms with van der Waals surface area (Å²) in [5.41, 5.74) is 1.19. The van der Waals surface area contributed by atoms with Gasteiger partial charge in [0.25, 0.3) is 5.56 Å². The molecule has 1 aliphatic heterocycles. The van der Waals surface area contributed by atoms with Crippen molar-refractivity contribution in [1.29, 1.82) is 0 Å². The van der Waals surface area contributed by atoms with Gasteiger partial charge in [-0.1, -0.05) is 12.8 Å². The molecular weight excluding hydrogens is 262 g/mol. The Kier molecular flexibility index (Phi) is 3.57. The molecule has 0 aromatic carbocycles. The van der Waals surface area contributed by atoms with E-state index in [1.165, 1.54) is 45.1 Å². The van der Waals surface area contributed by atoms with Crippen LogP contribution in [0, 0.1) is 11.8 Å². The summed E-state index contributed by atoms with van der Waals surface area (Å²) in [7, 11) is 0. The van der Waals surface area contributed by atoms with Gasteiger partial charge in [0.2, 0.25) is 0 Å². The summed E-state index contributed by atoms with van der Waals surface area (Å²) in [5.74, 6) is 2.17. The molecule has 21 heavy (non-hydrogen) atoms. The highest BCUT2D eigenvalue weighted by atomic mass is 16.1. The van der Waals surface area contributed by atoms with Crippen LogP contribution in [0.4, 0.5) is 0 Å². The van der Waals surface area contributed by atoms with Crippen molar-refractivity contribution in [1.82, 2.24) is 14.7 Å². The topological polar surface area (TPSA) is 38.1 Å². The van der Waals surface area contributed by atoms with Crippen molar-refractivity contribution in [2.75, 3.05) is 19.6 Å². The minimum atomic E-state index is 0.0636. The van der Waals surface area contributed by atoms with Gasteiger partial charge in [0, 0.05) is 37.5 Å². The van der Waals surface area contributed by atoms with Crippen LogP contribution in [0.2, 0.25) is 0 Å². The van der Waals surface area contributed by atoms with Crippen LogP contribution < -0.4 is 5.56 Å². The van der Waals surface area contributed by atoms with Gasteiger partial charge in [-0.05, 0) is 37.7 Å². The van der Waals surface area contributed by atoms with Crippen molar-refractivity contribution in [3.63, 3.8) is 0 Å². The van der Waals surface area contributed by atoms with Gasteiger partial charge in [0.15, 0.2) is 0 Å². The summed E-state index contributed by atoms with van der Waals surface area (Å²) in [5, 5.41) is 4.57. The third-order valence-corrected chi connectivity index (χ3v) is 5.34. The minimum absolute atomic E-state index is 0.0636. The molecule has 0 N–H and O–H groups in total. The molecule has 0 unspecified atom stereocenters. The fourth-order valence-corrected chi connectivity index (χ4v) is 3.94. The summed E-state index contributed by atoms with van der Waals surface area (Å²) in [6, 6.07) is 3.62. The van der Waals surface area contributed by atoms with Crippen molar-refractivity contribution in [2.45, 2.75) is 51.0 Å². The van der Waals surface area contributed by atoms with Crippen LogP contribution in [0.1, 0.15) is 50.1 Å². The number of likely N-dealkylation sites (tertiary alicyclic amines) is 1. The summed E-state index contributed by atoms with van der Waals surface area (Å²) in [6.45, 7) is 4.39. The molecule has 4 nitrogen and oxygen atoms in total. The number of aromatic nitrogens is 2. The molecule has 0 bridgehead atoms. The second-order valence-electron chi connectivity index (χ2n) is 7.29. The standard InChI is InChI=1S/C17H25N3O/c21-17-8-7-16(15-5-6-15)18-20(17)12-14-10-19(11-14)9-13-3-1-2-4-13/h7-8,13-15H,1-6,9-12H2. The summed E-state index contributed by atoms with van der Waals surface area (Å²) in [6.07, 6.45) is 8.18. The largest absolute Gasteiger partial charge is 0.302 e. The van der Waals surface area contributed by atoms with Crippen LogP contribution >= 0.6 is 0 Å². The third-order valence-electron chi connectivity index (χ3n) is 5.34. The Bertz CT molecular complexity index is 551. The molecule has 1 saturated heterocycles. The van der Waals surface area contributed by atoms with E-state index < -0.39 is 0 Å². The van der Waals surface area contributed by atoms with Crippen molar-refractivity contribution < 1.29 is 0 Å². The van der Waals surface area contributed by atoms with Gasteiger partial charge in [-0.15, -0.1) is 0 Å². The predicted octanol–water partition coefficient (Wildman–Crippen LogP) is 2.24. The van der Waals surface area contributed by atoms with E-state index in [9.17, 15) is 4.79 Å². The monoisotopic (exact) mass is 287 g/mol. The Balaban J connectivity index is 1.31. The lowest BCUT2D eigenvalue weighted by molar-refractivity contribution is 0.0681. The smallest absolute Gasteiger partial charge is 0.266 e. The first kappa shape index (κ1) is 13.5. The first-order valence-electron chi connectivity index (χ1n) is 8.58. The molecule has 3 aliphatic rings. The van der Waals surface area contributed by atoms with Crippen LogP contribution in [0.3, 0.4) is 0 Å². The summed E-state index contributed by atoms with van der Waals surface area (Å²) < 4.78 is 1.71. The minimum Gasteiger partial charge on any atom is -0.302 e. The average molecular weight is 287 g/mol. The lowest BCUT2D eigenvalue weighted by Crippen LogP contribution is -2.50. The van der Waals surface area contributed by atoms with E-state index in [0.717, 1.165) is 31.2 Å². The predicted molar refractivity (Wildman–Crippen MR) is 82.4 cm³/mol. The zero-order chi connectivity index (χ0) is 14.2. The molecule has 4 heteroatoms. The highest BCUT2D eigenvalue weighted by Gasteiger charge is 2.31. The van der Waals surface area contributed by atoms with Crippen molar-refractivity contribution in [3.8, 4) is 0 Å².